The Hall–Kier alpha value is -0.990. The van der Waals surface area contributed by atoms with Crippen LogP contribution in [0.2, 0.25) is 5.02 Å². The fraction of sp³-hybridized carbons (Fsp3) is 0.333. The predicted molar refractivity (Wildman–Crippen MR) is 60.4 cm³/mol. The molecule has 2 atom stereocenters. The van der Waals surface area contributed by atoms with Crippen molar-refractivity contribution in [3.05, 3.63) is 41.9 Å². The second kappa shape index (κ2) is 4.69. The molecule has 0 N–H and O–H groups in total. The van der Waals surface area contributed by atoms with Crippen LogP contribution in [0.4, 0.5) is 0 Å². The molecule has 0 spiro atoms. The first-order valence-electron chi connectivity index (χ1n) is 4.94. The van der Waals surface area contributed by atoms with E-state index in [1.165, 1.54) is 0 Å². The Morgan fingerprint density at radius 2 is 2.47 bits per heavy atom. The van der Waals surface area contributed by atoms with Crippen LogP contribution in [-0.2, 0) is 4.74 Å². The monoisotopic (exact) mass is 224 g/mol. The average molecular weight is 225 g/mol. The molecular formula is C12H13ClO2. The van der Waals surface area contributed by atoms with Gasteiger partial charge in [0, 0.05) is 11.4 Å². The van der Waals surface area contributed by atoms with Gasteiger partial charge in [-0.3, -0.25) is 0 Å². The van der Waals surface area contributed by atoms with Gasteiger partial charge in [-0.1, -0.05) is 23.7 Å². The first-order chi connectivity index (χ1) is 7.29. The van der Waals surface area contributed by atoms with Crippen molar-refractivity contribution >= 4 is 11.6 Å². The van der Waals surface area contributed by atoms with E-state index in [4.69, 9.17) is 21.1 Å². The quantitative estimate of drug-likeness (QED) is 0.567. The third-order valence-electron chi connectivity index (χ3n) is 2.26. The van der Waals surface area contributed by atoms with Gasteiger partial charge in [0.25, 0.3) is 0 Å². The Morgan fingerprint density at radius 1 is 1.67 bits per heavy atom. The molecule has 2 rings (SSSR count). The summed E-state index contributed by atoms with van der Waals surface area (Å²) in [7, 11) is 0. The minimum absolute atomic E-state index is 0.0565. The van der Waals surface area contributed by atoms with Gasteiger partial charge in [0.1, 0.15) is 18.0 Å². The lowest BCUT2D eigenvalue weighted by atomic mass is 10.2. The highest BCUT2D eigenvalue weighted by Crippen LogP contribution is 2.24. The molecule has 0 amide bonds. The Morgan fingerprint density at radius 3 is 3.07 bits per heavy atom. The predicted octanol–water partition coefficient (Wildman–Crippen LogP) is 3.06. The van der Waals surface area contributed by atoms with Crippen molar-refractivity contribution in [1.82, 2.24) is 0 Å². The number of ether oxygens (including phenoxy) is 2. The van der Waals surface area contributed by atoms with Gasteiger partial charge in [-0.25, -0.2) is 0 Å². The fourth-order valence-corrected chi connectivity index (χ4v) is 1.61. The maximum absolute atomic E-state index is 5.87. The summed E-state index contributed by atoms with van der Waals surface area (Å²) in [5.41, 5.74) is 0. The SMILES string of the molecule is C=CCC(Oc1cccc(Cl)c1)C1CO1. The fourth-order valence-electron chi connectivity index (χ4n) is 1.43. The highest BCUT2D eigenvalue weighted by Gasteiger charge is 2.33. The highest BCUT2D eigenvalue weighted by atomic mass is 35.5. The van der Waals surface area contributed by atoms with E-state index in [0.29, 0.717) is 5.02 Å². The number of rotatable bonds is 5. The van der Waals surface area contributed by atoms with E-state index < -0.39 is 0 Å². The van der Waals surface area contributed by atoms with Crippen molar-refractivity contribution in [3.8, 4) is 5.75 Å². The van der Waals surface area contributed by atoms with Crippen molar-refractivity contribution in [2.24, 2.45) is 0 Å². The molecule has 0 bridgehead atoms. The van der Waals surface area contributed by atoms with Crippen LogP contribution in [0, 0.1) is 0 Å². The van der Waals surface area contributed by atoms with Crippen molar-refractivity contribution in [1.29, 1.82) is 0 Å². The molecule has 1 aliphatic heterocycles. The van der Waals surface area contributed by atoms with Gasteiger partial charge < -0.3 is 9.47 Å². The smallest absolute Gasteiger partial charge is 0.130 e. The molecule has 1 fully saturated rings. The van der Waals surface area contributed by atoms with Crippen molar-refractivity contribution in [3.63, 3.8) is 0 Å². The van der Waals surface area contributed by atoms with E-state index in [1.807, 2.05) is 24.3 Å². The van der Waals surface area contributed by atoms with Crippen molar-refractivity contribution in [2.45, 2.75) is 18.6 Å². The Kier molecular flexibility index (Phi) is 3.29. The van der Waals surface area contributed by atoms with Crippen LogP contribution in [0.15, 0.2) is 36.9 Å². The largest absolute Gasteiger partial charge is 0.487 e. The zero-order valence-electron chi connectivity index (χ0n) is 8.36. The van der Waals surface area contributed by atoms with Gasteiger partial charge in [-0.2, -0.15) is 0 Å². The molecule has 15 heavy (non-hydrogen) atoms. The average Bonchev–Trinajstić information content (AvgIpc) is 3.00. The molecule has 80 valence electrons. The molecule has 0 radical (unpaired) electrons. The lowest BCUT2D eigenvalue weighted by Crippen LogP contribution is -2.22. The molecular weight excluding hydrogens is 212 g/mol. The molecule has 0 aliphatic carbocycles. The highest BCUT2D eigenvalue weighted by molar-refractivity contribution is 6.30. The molecule has 1 aromatic rings. The molecule has 0 aromatic heterocycles. The van der Waals surface area contributed by atoms with Crippen LogP contribution < -0.4 is 4.74 Å². The van der Waals surface area contributed by atoms with E-state index in [1.54, 1.807) is 6.07 Å². The lowest BCUT2D eigenvalue weighted by Gasteiger charge is -2.15. The topological polar surface area (TPSA) is 21.8 Å². The van der Waals surface area contributed by atoms with Crippen LogP contribution in [0.25, 0.3) is 0 Å². The lowest BCUT2D eigenvalue weighted by molar-refractivity contribution is 0.162. The Balaban J connectivity index is 2.01. The summed E-state index contributed by atoms with van der Waals surface area (Å²) >= 11 is 5.87. The maximum Gasteiger partial charge on any atom is 0.130 e. The third-order valence-corrected chi connectivity index (χ3v) is 2.49. The summed E-state index contributed by atoms with van der Waals surface area (Å²) in [4.78, 5) is 0. The zero-order chi connectivity index (χ0) is 10.7. The molecule has 2 unspecified atom stereocenters. The molecule has 0 saturated carbocycles. The first kappa shape index (κ1) is 10.5. The van der Waals surface area contributed by atoms with E-state index in [9.17, 15) is 0 Å². The van der Waals surface area contributed by atoms with Gasteiger partial charge in [0.2, 0.25) is 0 Å². The Labute approximate surface area is 94.5 Å². The van der Waals surface area contributed by atoms with Gasteiger partial charge >= 0.3 is 0 Å². The van der Waals surface area contributed by atoms with Gasteiger partial charge in [-0.15, -0.1) is 6.58 Å². The minimum Gasteiger partial charge on any atom is -0.487 e. The number of hydrogen-bond acceptors (Lipinski definition) is 2. The van der Waals surface area contributed by atoms with E-state index in [-0.39, 0.29) is 12.2 Å². The molecule has 3 heteroatoms. The summed E-state index contributed by atoms with van der Waals surface area (Å²) in [5, 5.41) is 0.682. The standard InChI is InChI=1S/C12H13ClO2/c1-2-4-11(12-8-14-12)15-10-6-3-5-9(13)7-10/h2-3,5-7,11-12H,1,4,8H2. The summed E-state index contributed by atoms with van der Waals surface area (Å²) in [6, 6.07) is 7.39. The first-order valence-corrected chi connectivity index (χ1v) is 5.32. The number of benzene rings is 1. The van der Waals surface area contributed by atoms with Crippen LogP contribution in [0.3, 0.4) is 0 Å². The molecule has 1 aromatic carbocycles. The summed E-state index contributed by atoms with van der Waals surface area (Å²) in [6.07, 6.45) is 2.90. The summed E-state index contributed by atoms with van der Waals surface area (Å²) in [6.45, 7) is 4.49. The number of epoxide rings is 1. The summed E-state index contributed by atoms with van der Waals surface area (Å²) in [5.74, 6) is 0.782. The summed E-state index contributed by atoms with van der Waals surface area (Å²) < 4.78 is 11.0. The second-order valence-electron chi connectivity index (χ2n) is 3.51. The Bertz CT molecular complexity index is 347. The van der Waals surface area contributed by atoms with E-state index in [0.717, 1.165) is 18.8 Å². The van der Waals surface area contributed by atoms with Gasteiger partial charge in [0.15, 0.2) is 0 Å². The van der Waals surface area contributed by atoms with Gasteiger partial charge in [0.05, 0.1) is 6.61 Å². The molecule has 1 aliphatic rings. The zero-order valence-corrected chi connectivity index (χ0v) is 9.11. The van der Waals surface area contributed by atoms with Gasteiger partial charge in [-0.05, 0) is 18.2 Å². The second-order valence-corrected chi connectivity index (χ2v) is 3.95. The van der Waals surface area contributed by atoms with Crippen LogP contribution in [0.1, 0.15) is 6.42 Å². The molecule has 1 saturated heterocycles. The normalized spacial score (nSPS) is 20.7. The van der Waals surface area contributed by atoms with Crippen LogP contribution >= 0.6 is 11.6 Å². The maximum atomic E-state index is 5.87. The van der Waals surface area contributed by atoms with Crippen molar-refractivity contribution in [2.75, 3.05) is 6.61 Å². The van der Waals surface area contributed by atoms with Crippen molar-refractivity contribution < 1.29 is 9.47 Å². The molecule has 1 heterocycles. The van der Waals surface area contributed by atoms with Crippen LogP contribution in [-0.4, -0.2) is 18.8 Å². The number of hydrogen-bond donors (Lipinski definition) is 0. The minimum atomic E-state index is 0.0565. The van der Waals surface area contributed by atoms with E-state index in [2.05, 4.69) is 6.58 Å². The number of halogens is 1. The van der Waals surface area contributed by atoms with Crippen LogP contribution in [0.5, 0.6) is 5.75 Å². The van der Waals surface area contributed by atoms with E-state index >= 15 is 0 Å². The third kappa shape index (κ3) is 2.98. The molecule has 2 nitrogen and oxygen atoms in total.